The molecule has 0 aliphatic heterocycles. The summed E-state index contributed by atoms with van der Waals surface area (Å²) < 4.78 is 22.5. The summed E-state index contributed by atoms with van der Waals surface area (Å²) in [5, 5.41) is 12.4. The second-order valence-corrected chi connectivity index (χ2v) is 6.99. The number of benzene rings is 2. The molecule has 0 saturated carbocycles. The maximum absolute atomic E-state index is 10.9. The molecule has 1 unspecified atom stereocenters. The van der Waals surface area contributed by atoms with Crippen molar-refractivity contribution >= 4 is 10.8 Å². The van der Waals surface area contributed by atoms with Crippen LogP contribution in [0.3, 0.4) is 0 Å². The van der Waals surface area contributed by atoms with Gasteiger partial charge in [-0.2, -0.15) is 0 Å². The molecule has 5 nitrogen and oxygen atoms in total. The number of aliphatic hydroxyl groups is 1. The predicted octanol–water partition coefficient (Wildman–Crippen LogP) is 5.66. The van der Waals surface area contributed by atoms with E-state index in [1.807, 2.05) is 18.2 Å². The monoisotopic (exact) mass is 390 g/mol. The van der Waals surface area contributed by atoms with Gasteiger partial charge < -0.3 is 24.1 Å². The van der Waals surface area contributed by atoms with Gasteiger partial charge in [-0.1, -0.05) is 45.4 Å². The van der Waals surface area contributed by atoms with E-state index in [1.165, 1.54) is 25.7 Å². The van der Waals surface area contributed by atoms with Gasteiger partial charge >= 0.3 is 0 Å². The molecule has 1 atom stereocenters. The quantitative estimate of drug-likeness (QED) is 0.474. The Morgan fingerprint density at radius 3 is 1.89 bits per heavy atom. The van der Waals surface area contributed by atoms with Crippen LogP contribution in [0.15, 0.2) is 18.2 Å². The number of rotatable bonds is 12. The number of ether oxygens (including phenoxy) is 4. The van der Waals surface area contributed by atoms with Gasteiger partial charge in [0.1, 0.15) is 23.0 Å². The van der Waals surface area contributed by atoms with Crippen LogP contribution >= 0.6 is 0 Å². The van der Waals surface area contributed by atoms with Crippen LogP contribution in [-0.2, 0) is 0 Å². The molecule has 0 aromatic heterocycles. The standard InChI is InChI=1S/C23H34O5/c1-6-7-8-9-10-11-12-17(24)16-15-20(27-4)21-18(25-2)13-14-19(26-3)22(21)23(16)28-5/h13-15,17,24H,6-12H2,1-5H3. The van der Waals surface area contributed by atoms with Gasteiger partial charge in [0, 0.05) is 5.56 Å². The highest BCUT2D eigenvalue weighted by atomic mass is 16.5. The summed E-state index contributed by atoms with van der Waals surface area (Å²) in [6.07, 6.45) is 7.15. The lowest BCUT2D eigenvalue weighted by Crippen LogP contribution is -2.04. The first-order chi connectivity index (χ1) is 13.6. The van der Waals surface area contributed by atoms with E-state index in [4.69, 9.17) is 18.9 Å². The van der Waals surface area contributed by atoms with Crippen molar-refractivity contribution in [3.63, 3.8) is 0 Å². The molecule has 0 aliphatic carbocycles. The van der Waals surface area contributed by atoms with E-state index in [-0.39, 0.29) is 0 Å². The normalized spacial score (nSPS) is 12.1. The van der Waals surface area contributed by atoms with Gasteiger partial charge in [-0.25, -0.2) is 0 Å². The van der Waals surface area contributed by atoms with Crippen LogP contribution in [0, 0.1) is 0 Å². The maximum Gasteiger partial charge on any atom is 0.136 e. The molecule has 0 saturated heterocycles. The molecule has 0 amide bonds. The fourth-order valence-electron chi connectivity index (χ4n) is 3.70. The van der Waals surface area contributed by atoms with E-state index in [9.17, 15) is 5.11 Å². The van der Waals surface area contributed by atoms with Gasteiger partial charge in [0.25, 0.3) is 0 Å². The number of hydrogen-bond donors (Lipinski definition) is 1. The zero-order valence-corrected chi connectivity index (χ0v) is 17.8. The first-order valence-electron chi connectivity index (χ1n) is 10.1. The maximum atomic E-state index is 10.9. The molecule has 0 aliphatic rings. The molecule has 0 spiro atoms. The lowest BCUT2D eigenvalue weighted by atomic mass is 9.96. The van der Waals surface area contributed by atoms with Crippen LogP contribution in [0.4, 0.5) is 0 Å². The molecule has 2 aromatic rings. The molecule has 5 heteroatoms. The van der Waals surface area contributed by atoms with Crippen molar-refractivity contribution in [3.05, 3.63) is 23.8 Å². The number of hydrogen-bond acceptors (Lipinski definition) is 5. The minimum Gasteiger partial charge on any atom is -0.496 e. The highest BCUT2D eigenvalue weighted by Gasteiger charge is 2.24. The summed E-state index contributed by atoms with van der Waals surface area (Å²) in [4.78, 5) is 0. The zero-order valence-electron chi connectivity index (χ0n) is 17.8. The first-order valence-corrected chi connectivity index (χ1v) is 10.1. The number of aliphatic hydroxyl groups excluding tert-OH is 1. The third-order valence-electron chi connectivity index (χ3n) is 5.21. The Labute approximate surface area is 168 Å². The molecule has 1 N–H and O–H groups in total. The molecular formula is C23H34O5. The second kappa shape index (κ2) is 11.0. The SMILES string of the molecule is CCCCCCCCC(O)c1cc(OC)c2c(OC)ccc(OC)c2c1OC. The molecule has 2 rings (SSSR count). The Morgan fingerprint density at radius 2 is 1.32 bits per heavy atom. The smallest absolute Gasteiger partial charge is 0.136 e. The molecule has 156 valence electrons. The molecule has 0 heterocycles. The van der Waals surface area contributed by atoms with Gasteiger partial charge in [-0.3, -0.25) is 0 Å². The molecule has 2 aromatic carbocycles. The number of methoxy groups -OCH3 is 4. The third kappa shape index (κ3) is 4.82. The Balaban J connectivity index is 2.40. The Kier molecular flexibility index (Phi) is 8.71. The first kappa shape index (κ1) is 22.2. The average Bonchev–Trinajstić information content (AvgIpc) is 2.73. The van der Waals surface area contributed by atoms with Crippen LogP contribution in [0.1, 0.15) is 63.5 Å². The fourth-order valence-corrected chi connectivity index (χ4v) is 3.70. The largest absolute Gasteiger partial charge is 0.496 e. The highest BCUT2D eigenvalue weighted by Crippen LogP contribution is 2.48. The summed E-state index contributed by atoms with van der Waals surface area (Å²) in [6.45, 7) is 2.21. The van der Waals surface area contributed by atoms with E-state index < -0.39 is 6.10 Å². The van der Waals surface area contributed by atoms with E-state index in [0.29, 0.717) is 35.0 Å². The Bertz CT molecular complexity index is 756. The van der Waals surface area contributed by atoms with Crippen LogP contribution in [0.5, 0.6) is 23.0 Å². The van der Waals surface area contributed by atoms with Crippen LogP contribution in [-0.4, -0.2) is 33.5 Å². The van der Waals surface area contributed by atoms with Crippen molar-refractivity contribution in [2.45, 2.75) is 58.0 Å². The minimum absolute atomic E-state index is 0.602. The fraction of sp³-hybridized carbons (Fsp3) is 0.565. The molecule has 28 heavy (non-hydrogen) atoms. The van der Waals surface area contributed by atoms with Gasteiger partial charge in [0.2, 0.25) is 0 Å². The molecule has 0 fully saturated rings. The lowest BCUT2D eigenvalue weighted by Gasteiger charge is -2.21. The summed E-state index contributed by atoms with van der Waals surface area (Å²) in [5.74, 6) is 2.55. The number of unbranched alkanes of at least 4 members (excludes halogenated alkanes) is 5. The number of fused-ring (bicyclic) bond motifs is 1. The van der Waals surface area contributed by atoms with Gasteiger partial charge in [-0.15, -0.1) is 0 Å². The third-order valence-corrected chi connectivity index (χ3v) is 5.21. The highest BCUT2D eigenvalue weighted by molar-refractivity contribution is 6.03. The second-order valence-electron chi connectivity index (χ2n) is 6.99. The summed E-state index contributed by atoms with van der Waals surface area (Å²) >= 11 is 0. The van der Waals surface area contributed by atoms with Gasteiger partial charge in [0.15, 0.2) is 0 Å². The Morgan fingerprint density at radius 1 is 0.750 bits per heavy atom. The van der Waals surface area contributed by atoms with E-state index >= 15 is 0 Å². The summed E-state index contributed by atoms with van der Waals surface area (Å²) in [6, 6.07) is 5.54. The van der Waals surface area contributed by atoms with Crippen LogP contribution in [0.25, 0.3) is 10.8 Å². The van der Waals surface area contributed by atoms with Crippen molar-refractivity contribution in [1.82, 2.24) is 0 Å². The molecule has 0 bridgehead atoms. The van der Waals surface area contributed by atoms with Crippen molar-refractivity contribution in [1.29, 1.82) is 0 Å². The molecule has 0 radical (unpaired) electrons. The van der Waals surface area contributed by atoms with E-state index in [0.717, 1.165) is 23.6 Å². The summed E-state index contributed by atoms with van der Waals surface area (Å²) in [7, 11) is 6.46. The minimum atomic E-state index is -0.629. The molecular weight excluding hydrogens is 356 g/mol. The van der Waals surface area contributed by atoms with E-state index in [2.05, 4.69) is 6.92 Å². The lowest BCUT2D eigenvalue weighted by molar-refractivity contribution is 0.159. The average molecular weight is 391 g/mol. The predicted molar refractivity (Wildman–Crippen MR) is 113 cm³/mol. The van der Waals surface area contributed by atoms with Crippen molar-refractivity contribution in [2.24, 2.45) is 0 Å². The zero-order chi connectivity index (χ0) is 20.5. The summed E-state index contributed by atoms with van der Waals surface area (Å²) in [5.41, 5.74) is 0.715. The van der Waals surface area contributed by atoms with Crippen LogP contribution in [0.2, 0.25) is 0 Å². The van der Waals surface area contributed by atoms with Crippen molar-refractivity contribution in [3.8, 4) is 23.0 Å². The van der Waals surface area contributed by atoms with E-state index in [1.54, 1.807) is 28.4 Å². The van der Waals surface area contributed by atoms with Gasteiger partial charge in [0.05, 0.1) is 45.3 Å². The van der Waals surface area contributed by atoms with Gasteiger partial charge in [-0.05, 0) is 24.6 Å². The topological polar surface area (TPSA) is 57.2 Å². The Hall–Kier alpha value is -2.14. The van der Waals surface area contributed by atoms with Crippen LogP contribution < -0.4 is 18.9 Å². The van der Waals surface area contributed by atoms with Crippen molar-refractivity contribution < 1.29 is 24.1 Å². The van der Waals surface area contributed by atoms with Crippen molar-refractivity contribution in [2.75, 3.05) is 28.4 Å².